The fourth-order valence-corrected chi connectivity index (χ4v) is 4.43. The van der Waals surface area contributed by atoms with Crippen molar-refractivity contribution in [1.29, 1.82) is 0 Å². The summed E-state index contributed by atoms with van der Waals surface area (Å²) >= 11 is 0. The molecule has 1 heterocycles. The highest BCUT2D eigenvalue weighted by Gasteiger charge is 2.55. The van der Waals surface area contributed by atoms with Crippen molar-refractivity contribution in [2.24, 2.45) is 0 Å². The summed E-state index contributed by atoms with van der Waals surface area (Å²) in [6, 6.07) is 7.20. The third-order valence-corrected chi connectivity index (χ3v) is 5.88. The predicted molar refractivity (Wildman–Crippen MR) is 101 cm³/mol. The van der Waals surface area contributed by atoms with E-state index in [1.807, 2.05) is 24.3 Å². The second-order valence-electron chi connectivity index (χ2n) is 7.59. The number of hydrogen-bond acceptors (Lipinski definition) is 3. The number of nitrogens with one attached hydrogen (secondary N) is 2. The molecule has 0 aromatic heterocycles. The average molecular weight is 367 g/mol. The Morgan fingerprint density at radius 1 is 1.19 bits per heavy atom. The van der Waals surface area contributed by atoms with Gasteiger partial charge in [0.05, 0.1) is 0 Å². The molecule has 0 bridgehead atoms. The number of imide groups is 1. The third-order valence-electron chi connectivity index (χ3n) is 5.88. The molecular formula is C21H25N3O3. The summed E-state index contributed by atoms with van der Waals surface area (Å²) in [7, 11) is 0. The molecule has 2 N–H and O–H groups in total. The smallest absolute Gasteiger partial charge is 0.325 e. The lowest BCUT2D eigenvalue weighted by molar-refractivity contribution is -0.135. The van der Waals surface area contributed by atoms with Crippen molar-refractivity contribution in [2.45, 2.75) is 50.5 Å². The van der Waals surface area contributed by atoms with Crippen LogP contribution < -0.4 is 10.6 Å². The Bertz CT molecular complexity index is 817. The molecule has 0 saturated carbocycles. The molecule has 1 atom stereocenters. The van der Waals surface area contributed by atoms with Crippen LogP contribution in [0.5, 0.6) is 0 Å². The first-order valence-electron chi connectivity index (χ1n) is 9.77. The molecule has 4 amide bonds. The molecule has 3 aliphatic rings. The van der Waals surface area contributed by atoms with Gasteiger partial charge in [0.2, 0.25) is 5.91 Å². The Labute approximate surface area is 159 Å². The summed E-state index contributed by atoms with van der Waals surface area (Å²) in [5, 5.41) is 5.69. The van der Waals surface area contributed by atoms with Crippen molar-refractivity contribution in [2.75, 3.05) is 13.1 Å². The number of allylic oxidation sites excluding steroid dienone is 1. The molecule has 1 fully saturated rings. The molecule has 1 aromatic rings. The van der Waals surface area contributed by atoms with Gasteiger partial charge >= 0.3 is 6.03 Å². The highest BCUT2D eigenvalue weighted by Crippen LogP contribution is 2.41. The van der Waals surface area contributed by atoms with Crippen LogP contribution in [0, 0.1) is 0 Å². The quantitative estimate of drug-likeness (QED) is 0.620. The molecule has 142 valence electrons. The first-order chi connectivity index (χ1) is 13.1. The van der Waals surface area contributed by atoms with Gasteiger partial charge in [0.25, 0.3) is 5.91 Å². The van der Waals surface area contributed by atoms with Crippen molar-refractivity contribution in [3.05, 3.63) is 47.0 Å². The topological polar surface area (TPSA) is 78.5 Å². The number of amides is 4. The number of aryl methyl sites for hydroxylation is 1. The Kier molecular flexibility index (Phi) is 4.72. The molecule has 0 radical (unpaired) electrons. The highest BCUT2D eigenvalue weighted by atomic mass is 16.2. The van der Waals surface area contributed by atoms with Crippen LogP contribution in [0.2, 0.25) is 0 Å². The monoisotopic (exact) mass is 367 g/mol. The van der Waals surface area contributed by atoms with Crippen molar-refractivity contribution in [3.63, 3.8) is 0 Å². The van der Waals surface area contributed by atoms with Gasteiger partial charge in [-0.05, 0) is 56.1 Å². The third kappa shape index (κ3) is 3.24. The number of rotatable bonds is 5. The predicted octanol–water partition coefficient (Wildman–Crippen LogP) is 2.39. The fraction of sp³-hybridized carbons (Fsp3) is 0.476. The molecule has 1 aliphatic heterocycles. The van der Waals surface area contributed by atoms with E-state index >= 15 is 0 Å². The van der Waals surface area contributed by atoms with Gasteiger partial charge in [0.1, 0.15) is 12.1 Å². The Balaban J connectivity index is 1.37. The Hall–Kier alpha value is -2.63. The van der Waals surface area contributed by atoms with E-state index in [4.69, 9.17) is 0 Å². The standard InChI is InChI=1S/C21H25N3O3/c25-18(22-13-11-15-6-2-1-3-7-15)14-24-19(26)21(23-20(24)27)12-10-16-8-4-5-9-17(16)21/h4-6,8-9H,1-3,7,10-14H2,(H,22,25)(H,23,27)/t21-/m0/s1. The Morgan fingerprint density at radius 3 is 2.85 bits per heavy atom. The maximum atomic E-state index is 13.0. The molecule has 2 aliphatic carbocycles. The molecule has 4 rings (SSSR count). The number of fused-ring (bicyclic) bond motifs is 2. The number of hydrogen-bond donors (Lipinski definition) is 2. The van der Waals surface area contributed by atoms with E-state index in [-0.39, 0.29) is 18.4 Å². The minimum absolute atomic E-state index is 0.229. The van der Waals surface area contributed by atoms with E-state index in [2.05, 4.69) is 16.7 Å². The maximum absolute atomic E-state index is 13.0. The van der Waals surface area contributed by atoms with Crippen molar-refractivity contribution >= 4 is 17.8 Å². The zero-order valence-electron chi connectivity index (χ0n) is 15.4. The number of benzene rings is 1. The van der Waals surface area contributed by atoms with E-state index in [1.54, 1.807) is 0 Å². The molecule has 27 heavy (non-hydrogen) atoms. The van der Waals surface area contributed by atoms with Crippen molar-refractivity contribution in [3.8, 4) is 0 Å². The summed E-state index contributed by atoms with van der Waals surface area (Å²) in [6.07, 6.45) is 9.07. The zero-order valence-corrected chi connectivity index (χ0v) is 15.4. The largest absolute Gasteiger partial charge is 0.354 e. The van der Waals surface area contributed by atoms with E-state index in [9.17, 15) is 14.4 Å². The van der Waals surface area contributed by atoms with Crippen LogP contribution in [0.15, 0.2) is 35.9 Å². The number of carbonyl (C=O) groups is 3. The molecule has 1 aromatic carbocycles. The first-order valence-corrected chi connectivity index (χ1v) is 9.77. The van der Waals surface area contributed by atoms with Crippen LogP contribution >= 0.6 is 0 Å². The summed E-state index contributed by atoms with van der Waals surface area (Å²) in [5.41, 5.74) is 2.33. The van der Waals surface area contributed by atoms with Crippen molar-refractivity contribution < 1.29 is 14.4 Å². The molecule has 1 saturated heterocycles. The van der Waals surface area contributed by atoms with Gasteiger partial charge in [-0.25, -0.2) is 4.79 Å². The summed E-state index contributed by atoms with van der Waals surface area (Å²) in [4.78, 5) is 38.8. The average Bonchev–Trinajstić information content (AvgIpc) is 3.16. The van der Waals surface area contributed by atoms with Gasteiger partial charge < -0.3 is 10.6 Å². The van der Waals surface area contributed by atoms with Crippen LogP contribution in [0.4, 0.5) is 4.79 Å². The normalized spacial score (nSPS) is 24.0. The van der Waals surface area contributed by atoms with Gasteiger partial charge in [-0.3, -0.25) is 14.5 Å². The van der Waals surface area contributed by atoms with E-state index in [1.165, 1.54) is 18.4 Å². The van der Waals surface area contributed by atoms with Crippen LogP contribution in [-0.4, -0.2) is 35.8 Å². The Morgan fingerprint density at radius 2 is 2.04 bits per heavy atom. The van der Waals surface area contributed by atoms with Gasteiger partial charge in [0, 0.05) is 6.54 Å². The summed E-state index contributed by atoms with van der Waals surface area (Å²) in [5.74, 6) is -0.610. The number of urea groups is 1. The molecule has 6 heteroatoms. The summed E-state index contributed by atoms with van der Waals surface area (Å²) < 4.78 is 0. The van der Waals surface area contributed by atoms with Crippen LogP contribution in [-0.2, 0) is 21.5 Å². The van der Waals surface area contributed by atoms with E-state index in [0.29, 0.717) is 13.0 Å². The lowest BCUT2D eigenvalue weighted by Crippen LogP contribution is -2.44. The second kappa shape index (κ2) is 7.18. The van der Waals surface area contributed by atoms with Gasteiger partial charge in [-0.15, -0.1) is 0 Å². The summed E-state index contributed by atoms with van der Waals surface area (Å²) in [6.45, 7) is 0.315. The molecule has 1 spiro atoms. The van der Waals surface area contributed by atoms with Crippen LogP contribution in [0.25, 0.3) is 0 Å². The van der Waals surface area contributed by atoms with Crippen LogP contribution in [0.3, 0.4) is 0 Å². The number of nitrogens with zero attached hydrogens (tertiary/aromatic N) is 1. The lowest BCUT2D eigenvalue weighted by Gasteiger charge is -2.22. The first kappa shape index (κ1) is 17.8. The lowest BCUT2D eigenvalue weighted by atomic mass is 9.92. The van der Waals surface area contributed by atoms with Crippen LogP contribution in [0.1, 0.15) is 49.7 Å². The minimum Gasteiger partial charge on any atom is -0.354 e. The molecule has 0 unspecified atom stereocenters. The maximum Gasteiger partial charge on any atom is 0.325 e. The van der Waals surface area contributed by atoms with E-state index in [0.717, 1.165) is 41.7 Å². The number of carbonyl (C=O) groups excluding carboxylic acids is 3. The van der Waals surface area contributed by atoms with Gasteiger partial charge in [0.15, 0.2) is 0 Å². The fourth-order valence-electron chi connectivity index (χ4n) is 4.43. The highest BCUT2D eigenvalue weighted by molar-refractivity contribution is 6.09. The minimum atomic E-state index is -0.999. The van der Waals surface area contributed by atoms with E-state index < -0.39 is 11.6 Å². The van der Waals surface area contributed by atoms with Gasteiger partial charge in [-0.2, -0.15) is 0 Å². The van der Waals surface area contributed by atoms with Crippen molar-refractivity contribution in [1.82, 2.24) is 15.5 Å². The van der Waals surface area contributed by atoms with Gasteiger partial charge in [-0.1, -0.05) is 35.9 Å². The molecule has 6 nitrogen and oxygen atoms in total. The zero-order chi connectivity index (χ0) is 18.9. The molecular weight excluding hydrogens is 342 g/mol. The SMILES string of the molecule is O=C(CN1C(=O)N[C@]2(CCc3ccccc32)C1=O)NCCC1=CCCCC1. The second-order valence-corrected chi connectivity index (χ2v) is 7.59.